The average molecular weight is 417 g/mol. The lowest BCUT2D eigenvalue weighted by Crippen LogP contribution is -2.37. The second-order valence-corrected chi connectivity index (χ2v) is 9.16. The molecule has 3 atom stereocenters. The van der Waals surface area contributed by atoms with E-state index < -0.39 is 0 Å². The second kappa shape index (κ2) is 7.84. The largest absolute Gasteiger partial charge is 0.507 e. The third kappa shape index (κ3) is 3.82. The van der Waals surface area contributed by atoms with E-state index in [4.69, 9.17) is 0 Å². The molecule has 2 aromatic heterocycles. The van der Waals surface area contributed by atoms with Crippen LogP contribution in [0, 0.1) is 11.8 Å². The number of fused-ring (bicyclic) bond motifs is 2. The van der Waals surface area contributed by atoms with Crippen LogP contribution in [-0.4, -0.2) is 33.0 Å². The Morgan fingerprint density at radius 1 is 0.968 bits per heavy atom. The summed E-state index contributed by atoms with van der Waals surface area (Å²) in [5.41, 5.74) is 2.93. The van der Waals surface area contributed by atoms with Crippen LogP contribution in [-0.2, 0) is 7.05 Å². The fourth-order valence-electron chi connectivity index (χ4n) is 5.33. The highest BCUT2D eigenvalue weighted by Gasteiger charge is 2.36. The first-order valence-corrected chi connectivity index (χ1v) is 11.0. The first kappa shape index (κ1) is 19.8. The Labute approximate surface area is 182 Å². The molecule has 2 bridgehead atoms. The molecule has 2 fully saturated rings. The Kier molecular flexibility index (Phi) is 5.00. The third-order valence-electron chi connectivity index (χ3n) is 7.11. The van der Waals surface area contributed by atoms with E-state index in [1.807, 2.05) is 24.3 Å². The minimum absolute atomic E-state index is 0.0641. The van der Waals surface area contributed by atoms with Crippen molar-refractivity contribution in [3.05, 3.63) is 59.0 Å². The van der Waals surface area contributed by atoms with Crippen molar-refractivity contribution in [2.75, 3.05) is 11.9 Å². The van der Waals surface area contributed by atoms with E-state index in [0.717, 1.165) is 28.8 Å². The molecule has 1 N–H and O–H groups in total. The van der Waals surface area contributed by atoms with Gasteiger partial charge in [-0.25, -0.2) is 0 Å². The maximum Gasteiger partial charge on any atom is 0.250 e. The maximum absolute atomic E-state index is 11.6. The molecule has 0 radical (unpaired) electrons. The van der Waals surface area contributed by atoms with Crippen molar-refractivity contribution in [3.63, 3.8) is 0 Å². The number of aromatic hydroxyl groups is 1. The predicted octanol–water partition coefficient (Wildman–Crippen LogP) is 4.23. The van der Waals surface area contributed by atoms with Crippen LogP contribution >= 0.6 is 0 Å². The van der Waals surface area contributed by atoms with Crippen molar-refractivity contribution >= 4 is 5.82 Å². The smallest absolute Gasteiger partial charge is 0.250 e. The van der Waals surface area contributed by atoms with Gasteiger partial charge in [0.15, 0.2) is 5.82 Å². The minimum atomic E-state index is -0.0641. The fraction of sp³-hybridized carbons (Fsp3) is 0.400. The summed E-state index contributed by atoms with van der Waals surface area (Å²) in [6.45, 7) is 0. The summed E-state index contributed by atoms with van der Waals surface area (Å²) in [5, 5.41) is 19.5. The van der Waals surface area contributed by atoms with Gasteiger partial charge in [0.1, 0.15) is 5.75 Å². The van der Waals surface area contributed by atoms with E-state index in [1.165, 1.54) is 42.7 Å². The van der Waals surface area contributed by atoms with Gasteiger partial charge < -0.3 is 14.6 Å². The number of benzene rings is 1. The van der Waals surface area contributed by atoms with Crippen molar-refractivity contribution in [1.29, 1.82) is 0 Å². The lowest BCUT2D eigenvalue weighted by Gasteiger charge is -2.35. The van der Waals surface area contributed by atoms with Crippen LogP contribution in [0.4, 0.5) is 5.82 Å². The molecule has 6 heteroatoms. The maximum atomic E-state index is 11.6. The Morgan fingerprint density at radius 2 is 1.71 bits per heavy atom. The molecular formula is C25H28N4O2. The monoisotopic (exact) mass is 416 g/mol. The normalized spacial score (nSPS) is 22.5. The first-order chi connectivity index (χ1) is 15.0. The highest BCUT2D eigenvalue weighted by molar-refractivity contribution is 5.74. The van der Waals surface area contributed by atoms with Crippen LogP contribution in [0.25, 0.3) is 22.4 Å². The second-order valence-electron chi connectivity index (χ2n) is 9.16. The van der Waals surface area contributed by atoms with Gasteiger partial charge in [-0.2, -0.15) is 0 Å². The van der Waals surface area contributed by atoms with Crippen molar-refractivity contribution in [2.24, 2.45) is 18.9 Å². The summed E-state index contributed by atoms with van der Waals surface area (Å²) in [6.07, 6.45) is 8.44. The summed E-state index contributed by atoms with van der Waals surface area (Å²) in [7, 11) is 3.84. The van der Waals surface area contributed by atoms with Crippen LogP contribution in [0.5, 0.6) is 5.75 Å². The number of aryl methyl sites for hydroxylation is 1. The van der Waals surface area contributed by atoms with Crippen molar-refractivity contribution in [3.8, 4) is 28.1 Å². The van der Waals surface area contributed by atoms with Gasteiger partial charge in [-0.1, -0.05) is 18.9 Å². The van der Waals surface area contributed by atoms with Crippen LogP contribution in [0.2, 0.25) is 0 Å². The quantitative estimate of drug-likeness (QED) is 0.689. The molecule has 2 heterocycles. The zero-order chi connectivity index (χ0) is 21.5. The van der Waals surface area contributed by atoms with Crippen molar-refractivity contribution in [1.82, 2.24) is 14.8 Å². The number of aromatic nitrogens is 3. The van der Waals surface area contributed by atoms with Gasteiger partial charge in [-0.3, -0.25) is 4.79 Å². The summed E-state index contributed by atoms with van der Waals surface area (Å²) in [6, 6.07) is 13.2. The number of pyridine rings is 1. The number of phenolic OH excluding ortho intramolecular Hbond substituents is 1. The molecule has 31 heavy (non-hydrogen) atoms. The average Bonchev–Trinajstić information content (AvgIpc) is 3.12. The molecule has 0 unspecified atom stereocenters. The Hall–Kier alpha value is -3.15. The van der Waals surface area contributed by atoms with Crippen molar-refractivity contribution in [2.45, 2.75) is 38.1 Å². The highest BCUT2D eigenvalue weighted by atomic mass is 16.3. The van der Waals surface area contributed by atoms with Gasteiger partial charge >= 0.3 is 0 Å². The minimum Gasteiger partial charge on any atom is -0.507 e. The molecule has 0 spiro atoms. The molecule has 0 aliphatic heterocycles. The zero-order valence-corrected chi connectivity index (χ0v) is 18.0. The van der Waals surface area contributed by atoms with Gasteiger partial charge in [0.2, 0.25) is 5.56 Å². The van der Waals surface area contributed by atoms with E-state index in [1.54, 1.807) is 25.4 Å². The molecule has 160 valence electrons. The zero-order valence-electron chi connectivity index (χ0n) is 18.0. The number of anilines is 1. The summed E-state index contributed by atoms with van der Waals surface area (Å²) >= 11 is 0. The van der Waals surface area contributed by atoms with Gasteiger partial charge in [0.05, 0.1) is 5.69 Å². The van der Waals surface area contributed by atoms with E-state index in [2.05, 4.69) is 22.1 Å². The first-order valence-electron chi connectivity index (χ1n) is 11.0. The number of rotatable bonds is 4. The molecular weight excluding hydrogens is 388 g/mol. The van der Waals surface area contributed by atoms with E-state index in [9.17, 15) is 9.90 Å². The molecule has 2 aliphatic carbocycles. The predicted molar refractivity (Wildman–Crippen MR) is 122 cm³/mol. The van der Waals surface area contributed by atoms with Crippen LogP contribution in [0.1, 0.15) is 32.1 Å². The van der Waals surface area contributed by atoms with Gasteiger partial charge in [-0.15, -0.1) is 10.2 Å². The molecule has 5 rings (SSSR count). The summed E-state index contributed by atoms with van der Waals surface area (Å²) in [5.74, 6) is 2.78. The Balaban J connectivity index is 1.35. The lowest BCUT2D eigenvalue weighted by molar-refractivity contribution is 0.312. The van der Waals surface area contributed by atoms with Crippen molar-refractivity contribution < 1.29 is 5.11 Å². The molecule has 0 amide bonds. The Bertz CT molecular complexity index is 1140. The summed E-state index contributed by atoms with van der Waals surface area (Å²) < 4.78 is 1.53. The summed E-state index contributed by atoms with van der Waals surface area (Å²) in [4.78, 5) is 13.9. The molecule has 2 saturated carbocycles. The lowest BCUT2D eigenvalue weighted by atomic mass is 9.85. The fourth-order valence-corrected chi connectivity index (χ4v) is 5.33. The number of hydrogen-bond donors (Lipinski definition) is 1. The van der Waals surface area contributed by atoms with Crippen LogP contribution in [0.3, 0.4) is 0 Å². The van der Waals surface area contributed by atoms with E-state index >= 15 is 0 Å². The van der Waals surface area contributed by atoms with Gasteiger partial charge in [0.25, 0.3) is 0 Å². The third-order valence-corrected chi connectivity index (χ3v) is 7.11. The Morgan fingerprint density at radius 3 is 2.35 bits per heavy atom. The SMILES string of the molecule is CN(c1ccc(-c2ccc(-c3ccc(=O)n(C)c3)cc2O)nn1)[C@H]1C[C@@H]2CC[C@@H](C2)C1. The van der Waals surface area contributed by atoms with Gasteiger partial charge in [0, 0.05) is 38.0 Å². The van der Waals surface area contributed by atoms with Crippen LogP contribution in [0.15, 0.2) is 53.5 Å². The molecule has 2 aliphatic rings. The number of nitrogens with zero attached hydrogens (tertiary/aromatic N) is 4. The molecule has 0 saturated heterocycles. The van der Waals surface area contributed by atoms with E-state index in [0.29, 0.717) is 17.3 Å². The van der Waals surface area contributed by atoms with Gasteiger partial charge in [-0.05, 0) is 72.6 Å². The van der Waals surface area contributed by atoms with Crippen LogP contribution < -0.4 is 10.5 Å². The number of phenols is 1. The standard InChI is InChI=1S/C25H28N4O2/c1-28-15-19(6-10-25(28)31)18-5-7-21(23(30)14-18)22-8-9-24(27-26-22)29(2)20-12-16-3-4-17(11-16)13-20/h5-10,14-17,20,30H,3-4,11-13H2,1-2H3/t16-,17+,20+. The molecule has 3 aromatic rings. The molecule has 6 nitrogen and oxygen atoms in total. The molecule has 1 aromatic carbocycles. The van der Waals surface area contributed by atoms with E-state index in [-0.39, 0.29) is 11.3 Å². The number of hydrogen-bond acceptors (Lipinski definition) is 5. The highest BCUT2D eigenvalue weighted by Crippen LogP contribution is 2.43. The topological polar surface area (TPSA) is 71.2 Å².